The summed E-state index contributed by atoms with van der Waals surface area (Å²) in [6.45, 7) is 5.64. The molecule has 2 aliphatic rings. The van der Waals surface area contributed by atoms with Crippen molar-refractivity contribution in [2.24, 2.45) is 0 Å². The largest absolute Gasteiger partial charge is 0.309 e. The first-order valence-corrected chi connectivity index (χ1v) is 7.11. The number of piperidine rings is 1. The Morgan fingerprint density at radius 1 is 1.24 bits per heavy atom. The summed E-state index contributed by atoms with van der Waals surface area (Å²) in [4.78, 5) is 0. The number of nitrogens with one attached hydrogen (secondary N) is 1. The molecule has 94 valence electrons. The third kappa shape index (κ3) is 1.90. The van der Waals surface area contributed by atoms with Gasteiger partial charge >= 0.3 is 0 Å². The SMILES string of the molecule is CC(C)n1nc([C@@H]2CCCCN2)c2c1CCC2. The minimum Gasteiger partial charge on any atom is -0.309 e. The average Bonchev–Trinajstić information content (AvgIpc) is 2.90. The highest BCUT2D eigenvalue weighted by Crippen LogP contribution is 2.33. The first-order valence-electron chi connectivity index (χ1n) is 7.11. The lowest BCUT2D eigenvalue weighted by atomic mass is 9.99. The van der Waals surface area contributed by atoms with Crippen molar-refractivity contribution < 1.29 is 0 Å². The van der Waals surface area contributed by atoms with Gasteiger partial charge in [-0.05, 0) is 58.1 Å². The second kappa shape index (κ2) is 4.45. The molecule has 0 aromatic carbocycles. The highest BCUT2D eigenvalue weighted by Gasteiger charge is 2.28. The van der Waals surface area contributed by atoms with Gasteiger partial charge in [0, 0.05) is 11.7 Å². The van der Waals surface area contributed by atoms with E-state index in [1.165, 1.54) is 49.9 Å². The molecule has 3 rings (SSSR count). The zero-order chi connectivity index (χ0) is 11.8. The van der Waals surface area contributed by atoms with Gasteiger partial charge in [-0.25, -0.2) is 0 Å². The zero-order valence-corrected chi connectivity index (χ0v) is 11.0. The predicted octanol–water partition coefficient (Wildman–Crippen LogP) is 2.77. The first kappa shape index (κ1) is 11.3. The summed E-state index contributed by atoms with van der Waals surface area (Å²) in [6.07, 6.45) is 7.73. The smallest absolute Gasteiger partial charge is 0.0828 e. The van der Waals surface area contributed by atoms with Crippen LogP contribution >= 0.6 is 0 Å². The van der Waals surface area contributed by atoms with Crippen molar-refractivity contribution in [1.82, 2.24) is 15.1 Å². The van der Waals surface area contributed by atoms with E-state index >= 15 is 0 Å². The molecule has 1 N–H and O–H groups in total. The van der Waals surface area contributed by atoms with Crippen LogP contribution in [0.4, 0.5) is 0 Å². The van der Waals surface area contributed by atoms with E-state index in [1.807, 2.05) is 0 Å². The van der Waals surface area contributed by atoms with Gasteiger partial charge < -0.3 is 5.32 Å². The van der Waals surface area contributed by atoms with Gasteiger partial charge in [-0.1, -0.05) is 6.42 Å². The van der Waals surface area contributed by atoms with Gasteiger partial charge in [0.05, 0.1) is 11.7 Å². The zero-order valence-electron chi connectivity index (χ0n) is 11.0. The van der Waals surface area contributed by atoms with Crippen molar-refractivity contribution in [2.75, 3.05) is 6.54 Å². The number of nitrogens with zero attached hydrogens (tertiary/aromatic N) is 2. The summed E-state index contributed by atoms with van der Waals surface area (Å²) in [7, 11) is 0. The molecule has 0 bridgehead atoms. The molecule has 3 nitrogen and oxygen atoms in total. The Balaban J connectivity index is 1.96. The highest BCUT2D eigenvalue weighted by atomic mass is 15.3. The Labute approximate surface area is 104 Å². The van der Waals surface area contributed by atoms with Gasteiger partial charge in [-0.15, -0.1) is 0 Å². The van der Waals surface area contributed by atoms with Crippen LogP contribution in [-0.4, -0.2) is 16.3 Å². The summed E-state index contributed by atoms with van der Waals surface area (Å²) < 4.78 is 2.27. The molecule has 0 radical (unpaired) electrons. The minimum absolute atomic E-state index is 0.499. The molecule has 1 aromatic heterocycles. The Bertz CT molecular complexity index is 400. The third-order valence-electron chi connectivity index (χ3n) is 4.12. The van der Waals surface area contributed by atoms with Crippen LogP contribution < -0.4 is 5.32 Å². The number of hydrogen-bond donors (Lipinski definition) is 1. The lowest BCUT2D eigenvalue weighted by Gasteiger charge is -2.22. The normalized spacial score (nSPS) is 24.3. The van der Waals surface area contributed by atoms with E-state index in [9.17, 15) is 0 Å². The predicted molar refractivity (Wildman–Crippen MR) is 69.2 cm³/mol. The van der Waals surface area contributed by atoms with Gasteiger partial charge in [0.1, 0.15) is 0 Å². The lowest BCUT2D eigenvalue weighted by molar-refractivity contribution is 0.395. The van der Waals surface area contributed by atoms with Crippen LogP contribution in [0.1, 0.15) is 68.6 Å². The van der Waals surface area contributed by atoms with Crippen LogP contribution in [0.3, 0.4) is 0 Å². The van der Waals surface area contributed by atoms with E-state index < -0.39 is 0 Å². The standard InChI is InChI=1S/C14H23N3/c1-10(2)17-13-8-5-6-11(13)14(16-17)12-7-3-4-9-15-12/h10,12,15H,3-9H2,1-2H3/t12-/m0/s1. The summed E-state index contributed by atoms with van der Waals surface area (Å²) in [5, 5.41) is 8.55. The topological polar surface area (TPSA) is 29.9 Å². The molecule has 0 saturated carbocycles. The quantitative estimate of drug-likeness (QED) is 0.851. The molecule has 1 aliphatic carbocycles. The molecule has 0 spiro atoms. The summed E-state index contributed by atoms with van der Waals surface area (Å²) in [5.41, 5.74) is 4.45. The van der Waals surface area contributed by atoms with Crippen molar-refractivity contribution in [3.8, 4) is 0 Å². The molecular formula is C14H23N3. The average molecular weight is 233 g/mol. The lowest BCUT2D eigenvalue weighted by Crippen LogP contribution is -2.28. The van der Waals surface area contributed by atoms with Crippen molar-refractivity contribution in [2.45, 2.75) is 64.5 Å². The fourth-order valence-electron chi connectivity index (χ4n) is 3.29. The van der Waals surface area contributed by atoms with Crippen molar-refractivity contribution in [1.29, 1.82) is 0 Å². The van der Waals surface area contributed by atoms with E-state index in [-0.39, 0.29) is 0 Å². The van der Waals surface area contributed by atoms with E-state index in [4.69, 9.17) is 5.10 Å². The van der Waals surface area contributed by atoms with Crippen LogP contribution in [0.5, 0.6) is 0 Å². The summed E-state index contributed by atoms with van der Waals surface area (Å²) in [5.74, 6) is 0. The maximum absolute atomic E-state index is 4.91. The van der Waals surface area contributed by atoms with E-state index in [1.54, 1.807) is 5.56 Å². The molecule has 3 heteroatoms. The number of hydrogen-bond acceptors (Lipinski definition) is 2. The Hall–Kier alpha value is -0.830. The van der Waals surface area contributed by atoms with E-state index in [0.717, 1.165) is 6.54 Å². The van der Waals surface area contributed by atoms with Crippen LogP contribution in [0.2, 0.25) is 0 Å². The maximum atomic E-state index is 4.91. The molecule has 1 aliphatic heterocycles. The molecule has 1 aromatic rings. The maximum Gasteiger partial charge on any atom is 0.0828 e. The molecule has 2 heterocycles. The second-order valence-corrected chi connectivity index (χ2v) is 5.70. The van der Waals surface area contributed by atoms with Crippen LogP contribution in [0.25, 0.3) is 0 Å². The third-order valence-corrected chi connectivity index (χ3v) is 4.12. The summed E-state index contributed by atoms with van der Waals surface area (Å²) >= 11 is 0. The molecule has 1 saturated heterocycles. The highest BCUT2D eigenvalue weighted by molar-refractivity contribution is 5.33. The fraction of sp³-hybridized carbons (Fsp3) is 0.786. The van der Waals surface area contributed by atoms with E-state index in [2.05, 4.69) is 23.8 Å². The van der Waals surface area contributed by atoms with Gasteiger partial charge in [0.2, 0.25) is 0 Å². The van der Waals surface area contributed by atoms with Crippen LogP contribution in [0.15, 0.2) is 0 Å². The monoisotopic (exact) mass is 233 g/mol. The number of rotatable bonds is 2. The molecule has 0 unspecified atom stereocenters. The van der Waals surface area contributed by atoms with Crippen LogP contribution in [-0.2, 0) is 12.8 Å². The molecular weight excluding hydrogens is 210 g/mol. The van der Waals surface area contributed by atoms with Crippen molar-refractivity contribution in [3.05, 3.63) is 17.0 Å². The van der Waals surface area contributed by atoms with Crippen molar-refractivity contribution in [3.63, 3.8) is 0 Å². The second-order valence-electron chi connectivity index (χ2n) is 5.70. The Kier molecular flexibility index (Phi) is 2.95. The molecule has 1 atom stereocenters. The molecule has 17 heavy (non-hydrogen) atoms. The Morgan fingerprint density at radius 2 is 2.12 bits per heavy atom. The first-order chi connectivity index (χ1) is 8.27. The number of fused-ring (bicyclic) bond motifs is 1. The van der Waals surface area contributed by atoms with Crippen LogP contribution in [0, 0.1) is 0 Å². The minimum atomic E-state index is 0.499. The Morgan fingerprint density at radius 3 is 2.82 bits per heavy atom. The van der Waals surface area contributed by atoms with Gasteiger partial charge in [-0.2, -0.15) is 5.10 Å². The van der Waals surface area contributed by atoms with Gasteiger partial charge in [0.15, 0.2) is 0 Å². The van der Waals surface area contributed by atoms with Gasteiger partial charge in [-0.3, -0.25) is 4.68 Å². The van der Waals surface area contributed by atoms with Gasteiger partial charge in [0.25, 0.3) is 0 Å². The van der Waals surface area contributed by atoms with E-state index in [0.29, 0.717) is 12.1 Å². The number of aromatic nitrogens is 2. The fourth-order valence-corrected chi connectivity index (χ4v) is 3.29. The van der Waals surface area contributed by atoms with Crippen molar-refractivity contribution >= 4 is 0 Å². The molecule has 0 amide bonds. The summed E-state index contributed by atoms with van der Waals surface area (Å²) in [6, 6.07) is 1.02. The molecule has 1 fully saturated rings.